The van der Waals surface area contributed by atoms with Crippen LogP contribution in [0.3, 0.4) is 0 Å². The lowest BCUT2D eigenvalue weighted by atomic mass is 9.73. The third-order valence-corrected chi connectivity index (χ3v) is 8.67. The number of aromatic nitrogens is 4. The van der Waals surface area contributed by atoms with Gasteiger partial charge in [-0.05, 0) is 38.3 Å². The standard InChI is InChI=1S/C24H28ClFN6O2S/c1-15-22(27)24(13-34-15)5-9-31(10-6-24)18-11-29-19(12-28-18)35-17-4-3-16-20(21(17)25)23(33)32(14-30-16)8-2-7-26/h3-4,11-12,14-15,22H,2,5-10,13,27H2,1H3/t15-,22+/m0/s1. The summed E-state index contributed by atoms with van der Waals surface area (Å²) in [6.45, 7) is 4.27. The van der Waals surface area contributed by atoms with Gasteiger partial charge in [0.05, 0.1) is 54.0 Å². The molecule has 35 heavy (non-hydrogen) atoms. The summed E-state index contributed by atoms with van der Waals surface area (Å²) in [5.41, 5.74) is 6.72. The number of piperidine rings is 1. The van der Waals surface area contributed by atoms with Gasteiger partial charge in [0, 0.05) is 36.0 Å². The van der Waals surface area contributed by atoms with Crippen molar-refractivity contribution in [2.24, 2.45) is 11.1 Å². The Balaban J connectivity index is 1.30. The highest BCUT2D eigenvalue weighted by molar-refractivity contribution is 7.99. The fraction of sp³-hybridized carbons (Fsp3) is 0.500. The Labute approximate surface area is 212 Å². The number of halogens is 2. The highest BCUT2D eigenvalue weighted by atomic mass is 35.5. The predicted octanol–water partition coefficient (Wildman–Crippen LogP) is 3.68. The van der Waals surface area contributed by atoms with E-state index in [2.05, 4.69) is 19.9 Å². The number of nitrogens with two attached hydrogens (primary N) is 1. The predicted molar refractivity (Wildman–Crippen MR) is 135 cm³/mol. The van der Waals surface area contributed by atoms with Crippen LogP contribution in [0.15, 0.2) is 45.6 Å². The first-order valence-corrected chi connectivity index (χ1v) is 13.0. The van der Waals surface area contributed by atoms with Gasteiger partial charge in [-0.3, -0.25) is 13.8 Å². The van der Waals surface area contributed by atoms with Crippen molar-refractivity contribution in [1.82, 2.24) is 19.5 Å². The summed E-state index contributed by atoms with van der Waals surface area (Å²) in [5.74, 6) is 0.828. The van der Waals surface area contributed by atoms with E-state index in [0.29, 0.717) is 25.8 Å². The molecule has 8 nitrogen and oxygen atoms in total. The Bertz CT molecular complexity index is 1270. The van der Waals surface area contributed by atoms with Crippen molar-refractivity contribution < 1.29 is 9.13 Å². The number of alkyl halides is 1. The van der Waals surface area contributed by atoms with Gasteiger partial charge in [-0.2, -0.15) is 0 Å². The normalized spacial score (nSPS) is 21.8. The van der Waals surface area contributed by atoms with E-state index in [-0.39, 0.29) is 36.1 Å². The third kappa shape index (κ3) is 4.64. The summed E-state index contributed by atoms with van der Waals surface area (Å²) in [4.78, 5) is 29.3. The van der Waals surface area contributed by atoms with Crippen molar-refractivity contribution in [3.05, 3.63) is 46.2 Å². The van der Waals surface area contributed by atoms with Crippen molar-refractivity contribution in [1.29, 1.82) is 0 Å². The maximum atomic E-state index is 12.9. The molecule has 0 saturated carbocycles. The van der Waals surface area contributed by atoms with Gasteiger partial charge in [0.15, 0.2) is 0 Å². The summed E-state index contributed by atoms with van der Waals surface area (Å²) in [6, 6.07) is 3.65. The molecule has 2 fully saturated rings. The summed E-state index contributed by atoms with van der Waals surface area (Å²) in [5, 5.41) is 1.31. The molecule has 4 heterocycles. The van der Waals surface area contributed by atoms with Crippen molar-refractivity contribution in [3.8, 4) is 0 Å². The molecule has 2 aliphatic heterocycles. The van der Waals surface area contributed by atoms with E-state index in [1.807, 2.05) is 13.0 Å². The molecule has 0 aliphatic carbocycles. The smallest absolute Gasteiger partial charge is 0.262 e. The molecule has 2 N–H and O–H groups in total. The van der Waals surface area contributed by atoms with Crippen LogP contribution in [0.1, 0.15) is 26.2 Å². The minimum absolute atomic E-state index is 0.0608. The van der Waals surface area contributed by atoms with E-state index in [9.17, 15) is 9.18 Å². The van der Waals surface area contributed by atoms with Gasteiger partial charge in [0.1, 0.15) is 10.8 Å². The Morgan fingerprint density at radius 2 is 2.06 bits per heavy atom. The fourth-order valence-electron chi connectivity index (χ4n) is 4.95. The summed E-state index contributed by atoms with van der Waals surface area (Å²) < 4.78 is 19.8. The van der Waals surface area contributed by atoms with Crippen LogP contribution in [0.5, 0.6) is 0 Å². The molecule has 2 aromatic heterocycles. The van der Waals surface area contributed by atoms with E-state index in [1.165, 1.54) is 22.7 Å². The van der Waals surface area contributed by atoms with Crippen LogP contribution in [0, 0.1) is 5.41 Å². The molecule has 0 radical (unpaired) electrons. The summed E-state index contributed by atoms with van der Waals surface area (Å²) in [7, 11) is 0. The monoisotopic (exact) mass is 518 g/mol. The van der Waals surface area contributed by atoms with E-state index in [1.54, 1.807) is 18.5 Å². The maximum absolute atomic E-state index is 12.9. The van der Waals surface area contributed by atoms with Gasteiger partial charge in [-0.15, -0.1) is 0 Å². The van der Waals surface area contributed by atoms with E-state index in [0.717, 1.165) is 38.4 Å². The van der Waals surface area contributed by atoms with E-state index < -0.39 is 6.67 Å². The van der Waals surface area contributed by atoms with Gasteiger partial charge in [0.2, 0.25) is 0 Å². The van der Waals surface area contributed by atoms with Crippen molar-refractivity contribution in [2.75, 3.05) is 31.3 Å². The number of nitrogens with zero attached hydrogens (tertiary/aromatic N) is 5. The molecule has 0 bridgehead atoms. The van der Waals surface area contributed by atoms with Crippen LogP contribution in [0.4, 0.5) is 10.2 Å². The van der Waals surface area contributed by atoms with Gasteiger partial charge in [-0.25, -0.2) is 15.0 Å². The van der Waals surface area contributed by atoms with Gasteiger partial charge < -0.3 is 15.4 Å². The minimum atomic E-state index is -0.498. The summed E-state index contributed by atoms with van der Waals surface area (Å²) >= 11 is 7.95. The Kier molecular flexibility index (Phi) is 6.98. The van der Waals surface area contributed by atoms with Crippen LogP contribution in [-0.2, 0) is 11.3 Å². The molecule has 2 aliphatic rings. The average Bonchev–Trinajstić information content (AvgIpc) is 3.14. The largest absolute Gasteiger partial charge is 0.376 e. The first-order chi connectivity index (χ1) is 16.9. The summed E-state index contributed by atoms with van der Waals surface area (Å²) in [6.07, 6.45) is 7.23. The molecule has 1 aromatic carbocycles. The topological polar surface area (TPSA) is 99.2 Å². The van der Waals surface area contributed by atoms with Crippen LogP contribution >= 0.6 is 23.4 Å². The third-order valence-electron chi connectivity index (χ3n) is 7.19. The molecule has 5 rings (SSSR count). The molecule has 3 aromatic rings. The quantitative estimate of drug-likeness (QED) is 0.527. The number of rotatable bonds is 6. The molecule has 1 spiro atoms. The van der Waals surface area contributed by atoms with Crippen LogP contribution < -0.4 is 16.2 Å². The highest BCUT2D eigenvalue weighted by Crippen LogP contribution is 2.42. The van der Waals surface area contributed by atoms with E-state index >= 15 is 0 Å². The lowest BCUT2D eigenvalue weighted by molar-refractivity contribution is 0.0974. The highest BCUT2D eigenvalue weighted by Gasteiger charge is 2.47. The number of hydrogen-bond donors (Lipinski definition) is 1. The second kappa shape index (κ2) is 10.0. The second-order valence-electron chi connectivity index (χ2n) is 9.26. The second-order valence-corrected chi connectivity index (χ2v) is 10.7. The lowest BCUT2D eigenvalue weighted by Crippen LogP contribution is -2.50. The molecular weight excluding hydrogens is 491 g/mol. The van der Waals surface area contributed by atoms with Crippen molar-refractivity contribution >= 4 is 40.1 Å². The Hall–Kier alpha value is -2.27. The van der Waals surface area contributed by atoms with Crippen LogP contribution in [0.25, 0.3) is 10.9 Å². The number of aryl methyl sites for hydroxylation is 1. The zero-order chi connectivity index (χ0) is 24.6. The molecular formula is C24H28ClFN6O2S. The maximum Gasteiger partial charge on any atom is 0.262 e. The van der Waals surface area contributed by atoms with Crippen LogP contribution in [-0.4, -0.2) is 58.0 Å². The Morgan fingerprint density at radius 1 is 1.26 bits per heavy atom. The zero-order valence-electron chi connectivity index (χ0n) is 19.5. The van der Waals surface area contributed by atoms with Gasteiger partial charge in [0.25, 0.3) is 5.56 Å². The lowest BCUT2D eigenvalue weighted by Gasteiger charge is -2.41. The average molecular weight is 519 g/mol. The Morgan fingerprint density at radius 3 is 2.71 bits per heavy atom. The molecule has 0 unspecified atom stereocenters. The van der Waals surface area contributed by atoms with Gasteiger partial charge in [-0.1, -0.05) is 23.4 Å². The first-order valence-electron chi connectivity index (χ1n) is 11.8. The number of hydrogen-bond acceptors (Lipinski definition) is 8. The van der Waals surface area contributed by atoms with Crippen molar-refractivity contribution in [2.45, 2.75) is 54.8 Å². The SMILES string of the molecule is C[C@@H]1OCC2(CCN(c3cnc(Sc4ccc5ncn(CCCF)c(=O)c5c4Cl)cn3)CC2)[C@@H]1N. The first kappa shape index (κ1) is 24.4. The van der Waals surface area contributed by atoms with E-state index in [4.69, 9.17) is 22.1 Å². The molecule has 2 saturated heterocycles. The molecule has 0 amide bonds. The molecule has 11 heteroatoms. The number of ether oxygens (including phenoxy) is 1. The number of anilines is 1. The van der Waals surface area contributed by atoms with Crippen molar-refractivity contribution in [3.63, 3.8) is 0 Å². The number of fused-ring (bicyclic) bond motifs is 1. The van der Waals surface area contributed by atoms with Crippen LogP contribution in [0.2, 0.25) is 5.02 Å². The molecule has 186 valence electrons. The zero-order valence-corrected chi connectivity index (χ0v) is 21.1. The fourth-order valence-corrected chi connectivity index (χ4v) is 6.07. The number of benzene rings is 1. The minimum Gasteiger partial charge on any atom is -0.376 e. The molecule has 2 atom stereocenters. The van der Waals surface area contributed by atoms with Gasteiger partial charge >= 0.3 is 0 Å².